The first-order chi connectivity index (χ1) is 10.8. The molecule has 0 atom stereocenters. The molecule has 0 aromatic heterocycles. The van der Waals surface area contributed by atoms with Gasteiger partial charge >= 0.3 is 12.2 Å². The maximum atomic E-state index is 12.0. The molecule has 9 heteroatoms. The van der Waals surface area contributed by atoms with Gasteiger partial charge in [-0.05, 0) is 17.7 Å². The van der Waals surface area contributed by atoms with Gasteiger partial charge in [0.05, 0.1) is 13.0 Å². The average Bonchev–Trinajstić information content (AvgIpc) is 2.47. The summed E-state index contributed by atoms with van der Waals surface area (Å²) in [6, 6.07) is 5.82. The number of urea groups is 1. The fourth-order valence-electron chi connectivity index (χ4n) is 1.59. The molecule has 0 aliphatic heterocycles. The number of amides is 3. The summed E-state index contributed by atoms with van der Waals surface area (Å²) >= 11 is 0. The van der Waals surface area contributed by atoms with Crippen molar-refractivity contribution in [1.82, 2.24) is 10.6 Å². The lowest BCUT2D eigenvalue weighted by Gasteiger charge is -2.09. The molecule has 3 amide bonds. The Hall–Kier alpha value is -2.29. The van der Waals surface area contributed by atoms with E-state index in [9.17, 15) is 22.8 Å². The lowest BCUT2D eigenvalue weighted by Crippen LogP contribution is -2.34. The fourth-order valence-corrected chi connectivity index (χ4v) is 1.59. The van der Waals surface area contributed by atoms with Crippen molar-refractivity contribution < 1.29 is 27.5 Å². The predicted octanol–water partition coefficient (Wildman–Crippen LogP) is 1.68. The van der Waals surface area contributed by atoms with E-state index in [0.29, 0.717) is 24.4 Å². The molecule has 0 radical (unpaired) electrons. The van der Waals surface area contributed by atoms with E-state index >= 15 is 0 Å². The van der Waals surface area contributed by atoms with E-state index in [4.69, 9.17) is 4.74 Å². The third kappa shape index (κ3) is 8.67. The van der Waals surface area contributed by atoms with Gasteiger partial charge in [-0.1, -0.05) is 12.1 Å². The molecule has 1 rings (SSSR count). The van der Waals surface area contributed by atoms with Crippen LogP contribution >= 0.6 is 0 Å². The van der Waals surface area contributed by atoms with E-state index in [2.05, 4.69) is 10.6 Å². The molecular weight excluding hydrogens is 315 g/mol. The van der Waals surface area contributed by atoms with Crippen molar-refractivity contribution in [2.75, 3.05) is 32.1 Å². The van der Waals surface area contributed by atoms with Gasteiger partial charge in [-0.25, -0.2) is 4.79 Å². The standard InChI is InChI=1S/C14H18F3N3O3/c1-23-7-6-18-13(22)20-11-4-2-10(3-5-11)8-12(21)19-9-14(15,16)17/h2-5H,6-9H2,1H3,(H,19,21)(H2,18,20,22). The second-order valence-electron chi connectivity index (χ2n) is 4.64. The summed E-state index contributed by atoms with van der Waals surface area (Å²) in [5.41, 5.74) is 1.04. The molecule has 23 heavy (non-hydrogen) atoms. The molecule has 128 valence electrons. The molecular formula is C14H18F3N3O3. The summed E-state index contributed by atoms with van der Waals surface area (Å²) in [6.45, 7) is -0.605. The van der Waals surface area contributed by atoms with Gasteiger partial charge in [-0.3, -0.25) is 4.79 Å². The van der Waals surface area contributed by atoms with Crippen molar-refractivity contribution in [2.24, 2.45) is 0 Å². The van der Waals surface area contributed by atoms with Gasteiger partial charge in [-0.15, -0.1) is 0 Å². The molecule has 0 fully saturated rings. The lowest BCUT2D eigenvalue weighted by atomic mass is 10.1. The molecule has 6 nitrogen and oxygen atoms in total. The fraction of sp³-hybridized carbons (Fsp3) is 0.429. The summed E-state index contributed by atoms with van der Waals surface area (Å²) in [4.78, 5) is 22.8. The smallest absolute Gasteiger partial charge is 0.383 e. The first kappa shape index (κ1) is 18.8. The summed E-state index contributed by atoms with van der Waals surface area (Å²) in [6.07, 6.45) is -4.60. The van der Waals surface area contributed by atoms with Crippen LogP contribution in [0.1, 0.15) is 5.56 Å². The number of hydrogen-bond acceptors (Lipinski definition) is 3. The highest BCUT2D eigenvalue weighted by Crippen LogP contribution is 2.13. The van der Waals surface area contributed by atoms with Gasteiger partial charge in [0.2, 0.25) is 5.91 Å². The Morgan fingerprint density at radius 3 is 2.35 bits per heavy atom. The Balaban J connectivity index is 2.41. The lowest BCUT2D eigenvalue weighted by molar-refractivity contribution is -0.138. The largest absolute Gasteiger partial charge is 0.405 e. The summed E-state index contributed by atoms with van der Waals surface area (Å²) in [5.74, 6) is -0.722. The van der Waals surface area contributed by atoms with Crippen molar-refractivity contribution in [3.63, 3.8) is 0 Å². The van der Waals surface area contributed by atoms with Crippen LogP contribution in [0.15, 0.2) is 24.3 Å². The highest BCUT2D eigenvalue weighted by molar-refractivity contribution is 5.89. The monoisotopic (exact) mass is 333 g/mol. The van der Waals surface area contributed by atoms with E-state index in [0.717, 1.165) is 0 Å². The minimum absolute atomic E-state index is 0.170. The quantitative estimate of drug-likeness (QED) is 0.664. The van der Waals surface area contributed by atoms with Crippen molar-refractivity contribution >= 4 is 17.6 Å². The van der Waals surface area contributed by atoms with Gasteiger partial charge in [0.1, 0.15) is 6.54 Å². The predicted molar refractivity (Wildman–Crippen MR) is 78.1 cm³/mol. The number of alkyl halides is 3. The van der Waals surface area contributed by atoms with Gasteiger partial charge in [0.25, 0.3) is 0 Å². The van der Waals surface area contributed by atoms with Crippen LogP contribution in [0.4, 0.5) is 23.7 Å². The zero-order valence-corrected chi connectivity index (χ0v) is 12.5. The van der Waals surface area contributed by atoms with E-state index in [1.807, 2.05) is 0 Å². The van der Waals surface area contributed by atoms with Crippen LogP contribution in [0.5, 0.6) is 0 Å². The van der Waals surface area contributed by atoms with Crippen LogP contribution in [-0.4, -0.2) is 44.9 Å². The van der Waals surface area contributed by atoms with Crippen molar-refractivity contribution in [3.8, 4) is 0 Å². The zero-order chi connectivity index (χ0) is 17.3. The second-order valence-corrected chi connectivity index (χ2v) is 4.64. The number of methoxy groups -OCH3 is 1. The third-order valence-corrected chi connectivity index (χ3v) is 2.65. The number of ether oxygens (including phenoxy) is 1. The maximum Gasteiger partial charge on any atom is 0.405 e. The molecule has 0 aliphatic rings. The number of carbonyl (C=O) groups is 2. The minimum Gasteiger partial charge on any atom is -0.383 e. The number of nitrogens with one attached hydrogen (secondary N) is 3. The van der Waals surface area contributed by atoms with Crippen LogP contribution in [0, 0.1) is 0 Å². The second kappa shape index (κ2) is 8.99. The van der Waals surface area contributed by atoms with E-state index in [1.165, 1.54) is 7.11 Å². The number of carbonyl (C=O) groups excluding carboxylic acids is 2. The normalized spacial score (nSPS) is 11.0. The number of rotatable bonds is 7. The maximum absolute atomic E-state index is 12.0. The summed E-state index contributed by atoms with van der Waals surface area (Å²) < 4.78 is 40.7. The molecule has 0 aliphatic carbocycles. The topological polar surface area (TPSA) is 79.5 Å². The number of benzene rings is 1. The molecule has 1 aromatic carbocycles. The Labute approximate surface area is 131 Å². The Morgan fingerprint density at radius 1 is 1.13 bits per heavy atom. The average molecular weight is 333 g/mol. The Bertz CT molecular complexity index is 518. The van der Waals surface area contributed by atoms with Gasteiger partial charge in [0.15, 0.2) is 0 Å². The number of anilines is 1. The van der Waals surface area contributed by atoms with E-state index in [1.54, 1.807) is 29.6 Å². The Morgan fingerprint density at radius 2 is 1.78 bits per heavy atom. The minimum atomic E-state index is -4.43. The van der Waals surface area contributed by atoms with Gasteiger partial charge in [-0.2, -0.15) is 13.2 Å². The molecule has 0 unspecified atom stereocenters. The van der Waals surface area contributed by atoms with Gasteiger partial charge < -0.3 is 20.7 Å². The molecule has 0 heterocycles. The number of halogens is 3. The molecule has 3 N–H and O–H groups in total. The molecule has 0 bridgehead atoms. The zero-order valence-electron chi connectivity index (χ0n) is 12.5. The number of hydrogen-bond donors (Lipinski definition) is 3. The van der Waals surface area contributed by atoms with Crippen LogP contribution in [0.3, 0.4) is 0 Å². The SMILES string of the molecule is COCCNC(=O)Nc1ccc(CC(=O)NCC(F)(F)F)cc1. The third-order valence-electron chi connectivity index (χ3n) is 2.65. The van der Waals surface area contributed by atoms with E-state index in [-0.39, 0.29) is 6.42 Å². The van der Waals surface area contributed by atoms with Crippen LogP contribution in [0.25, 0.3) is 0 Å². The summed E-state index contributed by atoms with van der Waals surface area (Å²) in [7, 11) is 1.52. The van der Waals surface area contributed by atoms with Crippen molar-refractivity contribution in [2.45, 2.75) is 12.6 Å². The summed E-state index contributed by atoms with van der Waals surface area (Å²) in [5, 5.41) is 6.93. The Kier molecular flexibility index (Phi) is 7.33. The molecule has 0 spiro atoms. The highest BCUT2D eigenvalue weighted by Gasteiger charge is 2.27. The van der Waals surface area contributed by atoms with Crippen LogP contribution in [0.2, 0.25) is 0 Å². The van der Waals surface area contributed by atoms with Crippen molar-refractivity contribution in [3.05, 3.63) is 29.8 Å². The van der Waals surface area contributed by atoms with E-state index < -0.39 is 24.7 Å². The first-order valence-corrected chi connectivity index (χ1v) is 6.76. The molecule has 1 aromatic rings. The highest BCUT2D eigenvalue weighted by atomic mass is 19.4. The van der Waals surface area contributed by atoms with Crippen LogP contribution in [-0.2, 0) is 16.0 Å². The first-order valence-electron chi connectivity index (χ1n) is 6.76. The van der Waals surface area contributed by atoms with Crippen molar-refractivity contribution in [1.29, 1.82) is 0 Å². The van der Waals surface area contributed by atoms with Crippen LogP contribution < -0.4 is 16.0 Å². The van der Waals surface area contributed by atoms with Gasteiger partial charge in [0, 0.05) is 19.3 Å². The molecule has 0 saturated carbocycles. The molecule has 0 saturated heterocycles.